The van der Waals surface area contributed by atoms with E-state index in [2.05, 4.69) is 0 Å². The molecule has 1 fully saturated rings. The minimum absolute atomic E-state index is 0.0124. The molecule has 0 radical (unpaired) electrons. The Morgan fingerprint density at radius 1 is 0.950 bits per heavy atom. The summed E-state index contributed by atoms with van der Waals surface area (Å²) in [6.45, 7) is 2.41. The van der Waals surface area contributed by atoms with E-state index in [0.29, 0.717) is 26.2 Å². The van der Waals surface area contributed by atoms with Crippen LogP contribution >= 0.6 is 0 Å². The van der Waals surface area contributed by atoms with Crippen LogP contribution in [0.25, 0.3) is 0 Å². The van der Waals surface area contributed by atoms with Crippen LogP contribution in [0.5, 0.6) is 0 Å². The van der Waals surface area contributed by atoms with E-state index < -0.39 is 11.8 Å². The van der Waals surface area contributed by atoms with Crippen LogP contribution < -0.4 is 0 Å². The summed E-state index contributed by atoms with van der Waals surface area (Å²) in [4.78, 5) is 39.3. The molecular weight excluding hydrogens is 266 g/mol. The number of piperazine rings is 1. The van der Waals surface area contributed by atoms with Crippen molar-refractivity contribution < 1.29 is 24.6 Å². The lowest BCUT2D eigenvalue weighted by Crippen LogP contribution is -2.54. The molecule has 2 N–H and O–H groups in total. The maximum Gasteiger partial charge on any atom is 0.312 e. The molecule has 0 saturated carbocycles. The highest BCUT2D eigenvalue weighted by Gasteiger charge is 2.29. The molecule has 0 aromatic rings. The minimum atomic E-state index is -0.732. The first kappa shape index (κ1) is 16.4. The van der Waals surface area contributed by atoms with E-state index in [4.69, 9.17) is 10.2 Å². The summed E-state index contributed by atoms with van der Waals surface area (Å²) >= 11 is 0. The first-order valence-corrected chi connectivity index (χ1v) is 6.56. The van der Waals surface area contributed by atoms with Gasteiger partial charge in [0, 0.05) is 46.2 Å². The lowest BCUT2D eigenvalue weighted by atomic mass is 10.3. The van der Waals surface area contributed by atoms with Gasteiger partial charge in [0.05, 0.1) is 13.2 Å². The van der Waals surface area contributed by atoms with Gasteiger partial charge < -0.3 is 24.9 Å². The lowest BCUT2D eigenvalue weighted by molar-refractivity contribution is -0.154. The highest BCUT2D eigenvalue weighted by atomic mass is 16.3. The number of nitrogens with zero attached hydrogens (tertiary/aromatic N) is 3. The van der Waals surface area contributed by atoms with Gasteiger partial charge in [0.15, 0.2) is 0 Å². The molecule has 0 aliphatic carbocycles. The first-order valence-electron chi connectivity index (χ1n) is 6.56. The van der Waals surface area contributed by atoms with Crippen molar-refractivity contribution in [3.8, 4) is 0 Å². The van der Waals surface area contributed by atoms with Gasteiger partial charge in [-0.25, -0.2) is 0 Å². The van der Waals surface area contributed by atoms with E-state index in [9.17, 15) is 14.4 Å². The summed E-state index contributed by atoms with van der Waals surface area (Å²) in [5, 5.41) is 17.7. The van der Waals surface area contributed by atoms with Crippen molar-refractivity contribution in [2.45, 2.75) is 6.92 Å². The van der Waals surface area contributed by atoms with Crippen LogP contribution in [0, 0.1) is 0 Å². The molecule has 8 nitrogen and oxygen atoms in total. The molecule has 1 saturated heterocycles. The fourth-order valence-electron chi connectivity index (χ4n) is 2.05. The van der Waals surface area contributed by atoms with Crippen LogP contribution in [0.2, 0.25) is 0 Å². The van der Waals surface area contributed by atoms with Gasteiger partial charge >= 0.3 is 11.8 Å². The fourth-order valence-corrected chi connectivity index (χ4v) is 2.05. The number of hydrogen-bond donors (Lipinski definition) is 2. The third-order valence-corrected chi connectivity index (χ3v) is 3.22. The molecule has 8 heteroatoms. The fraction of sp³-hybridized carbons (Fsp3) is 0.750. The van der Waals surface area contributed by atoms with E-state index in [1.807, 2.05) is 0 Å². The van der Waals surface area contributed by atoms with Crippen LogP contribution in [0.4, 0.5) is 0 Å². The van der Waals surface area contributed by atoms with Gasteiger partial charge in [0.2, 0.25) is 5.91 Å². The number of rotatable bonds is 4. The number of carbonyl (C=O) groups excluding carboxylic acids is 3. The molecule has 1 heterocycles. The molecule has 0 aromatic heterocycles. The highest BCUT2D eigenvalue weighted by molar-refractivity contribution is 6.34. The second-order valence-corrected chi connectivity index (χ2v) is 4.54. The van der Waals surface area contributed by atoms with Gasteiger partial charge in [-0.1, -0.05) is 0 Å². The molecule has 114 valence electrons. The molecule has 0 atom stereocenters. The summed E-state index contributed by atoms with van der Waals surface area (Å²) in [5.74, 6) is -1.44. The number of aliphatic hydroxyl groups is 2. The zero-order valence-electron chi connectivity index (χ0n) is 11.6. The van der Waals surface area contributed by atoms with Crippen LogP contribution in [0.15, 0.2) is 0 Å². The highest BCUT2D eigenvalue weighted by Crippen LogP contribution is 2.04. The largest absolute Gasteiger partial charge is 0.395 e. The standard InChI is InChI=1S/C12H21N3O5/c1-10(18)13-2-4-14(5-3-13)11(19)12(20)15(6-8-16)7-9-17/h16-17H,2-9H2,1H3. The van der Waals surface area contributed by atoms with Gasteiger partial charge in [-0.3, -0.25) is 14.4 Å². The predicted octanol–water partition coefficient (Wildman–Crippen LogP) is -2.51. The topological polar surface area (TPSA) is 101 Å². The van der Waals surface area contributed by atoms with E-state index in [1.165, 1.54) is 11.8 Å². The monoisotopic (exact) mass is 287 g/mol. The number of amides is 3. The molecule has 20 heavy (non-hydrogen) atoms. The molecule has 1 aliphatic rings. The molecule has 1 rings (SSSR count). The van der Waals surface area contributed by atoms with Gasteiger partial charge in [0.1, 0.15) is 0 Å². The summed E-state index contributed by atoms with van der Waals surface area (Å²) in [7, 11) is 0. The van der Waals surface area contributed by atoms with Gasteiger partial charge in [-0.15, -0.1) is 0 Å². The summed E-state index contributed by atoms with van der Waals surface area (Å²) in [6, 6.07) is 0. The Balaban J connectivity index is 2.56. The third kappa shape index (κ3) is 4.17. The Morgan fingerprint density at radius 3 is 1.80 bits per heavy atom. The van der Waals surface area contributed by atoms with E-state index in [0.717, 1.165) is 4.90 Å². The van der Waals surface area contributed by atoms with Crippen molar-refractivity contribution in [3.05, 3.63) is 0 Å². The Hall–Kier alpha value is -1.67. The third-order valence-electron chi connectivity index (χ3n) is 3.22. The molecule has 0 unspecified atom stereocenters. The quantitative estimate of drug-likeness (QED) is 0.556. The van der Waals surface area contributed by atoms with Crippen molar-refractivity contribution in [2.75, 3.05) is 52.5 Å². The molecular formula is C12H21N3O5. The van der Waals surface area contributed by atoms with Crippen molar-refractivity contribution in [3.63, 3.8) is 0 Å². The van der Waals surface area contributed by atoms with E-state index in [-0.39, 0.29) is 32.2 Å². The Labute approximate surface area is 117 Å². The zero-order valence-corrected chi connectivity index (χ0v) is 11.6. The number of carbonyl (C=O) groups is 3. The predicted molar refractivity (Wildman–Crippen MR) is 69.6 cm³/mol. The Kier molecular flexibility index (Phi) is 6.40. The van der Waals surface area contributed by atoms with Gasteiger partial charge in [-0.2, -0.15) is 0 Å². The van der Waals surface area contributed by atoms with Crippen LogP contribution in [-0.4, -0.2) is 95.1 Å². The number of hydrogen-bond acceptors (Lipinski definition) is 5. The van der Waals surface area contributed by atoms with Crippen molar-refractivity contribution in [1.82, 2.24) is 14.7 Å². The Morgan fingerprint density at radius 2 is 1.40 bits per heavy atom. The second-order valence-electron chi connectivity index (χ2n) is 4.54. The molecule has 3 amide bonds. The molecule has 1 aliphatic heterocycles. The lowest BCUT2D eigenvalue weighted by Gasteiger charge is -2.34. The van der Waals surface area contributed by atoms with Gasteiger partial charge in [-0.05, 0) is 0 Å². The van der Waals surface area contributed by atoms with Gasteiger partial charge in [0.25, 0.3) is 0 Å². The summed E-state index contributed by atoms with van der Waals surface area (Å²) < 4.78 is 0. The van der Waals surface area contributed by atoms with Crippen molar-refractivity contribution in [2.24, 2.45) is 0 Å². The molecule has 0 bridgehead atoms. The smallest absolute Gasteiger partial charge is 0.312 e. The van der Waals surface area contributed by atoms with Crippen LogP contribution in [-0.2, 0) is 14.4 Å². The van der Waals surface area contributed by atoms with E-state index in [1.54, 1.807) is 4.90 Å². The average Bonchev–Trinajstić information content (AvgIpc) is 2.45. The first-order chi connectivity index (χ1) is 9.51. The normalized spacial score (nSPS) is 15.2. The number of aliphatic hydroxyl groups excluding tert-OH is 2. The van der Waals surface area contributed by atoms with Crippen molar-refractivity contribution >= 4 is 17.7 Å². The van der Waals surface area contributed by atoms with E-state index >= 15 is 0 Å². The summed E-state index contributed by atoms with van der Waals surface area (Å²) in [5.41, 5.74) is 0. The van der Waals surface area contributed by atoms with Crippen LogP contribution in [0.3, 0.4) is 0 Å². The Bertz CT molecular complexity index is 360. The SMILES string of the molecule is CC(=O)N1CCN(C(=O)C(=O)N(CCO)CCO)CC1. The molecule has 0 spiro atoms. The molecule has 0 aromatic carbocycles. The van der Waals surface area contributed by atoms with Crippen LogP contribution in [0.1, 0.15) is 6.92 Å². The average molecular weight is 287 g/mol. The maximum absolute atomic E-state index is 12.0. The summed E-state index contributed by atoms with van der Waals surface area (Å²) in [6.07, 6.45) is 0. The second kappa shape index (κ2) is 7.81. The minimum Gasteiger partial charge on any atom is -0.395 e. The van der Waals surface area contributed by atoms with Crippen molar-refractivity contribution in [1.29, 1.82) is 0 Å². The maximum atomic E-state index is 12.0. The zero-order chi connectivity index (χ0) is 15.1.